The molecule has 1 aromatic heterocycles. The number of H-pyrrole nitrogens is 1. The van der Waals surface area contributed by atoms with Gasteiger partial charge in [-0.05, 0) is 105 Å². The quantitative estimate of drug-likeness (QED) is 0.270. The number of nitrogens with zero attached hydrogens (tertiary/aromatic N) is 1. The molecule has 4 bridgehead atoms. The number of amides is 1. The Morgan fingerprint density at radius 2 is 1.47 bits per heavy atom. The monoisotopic (exact) mass is 509 g/mol. The number of benzene rings is 2. The minimum Gasteiger partial charge on any atom is -0.349 e. The van der Waals surface area contributed by atoms with Gasteiger partial charge < -0.3 is 10.3 Å². The number of aromatic nitrogens is 2. The van der Waals surface area contributed by atoms with Crippen LogP contribution in [0.5, 0.6) is 0 Å². The van der Waals surface area contributed by atoms with Gasteiger partial charge in [0.1, 0.15) is 5.82 Å². The van der Waals surface area contributed by atoms with E-state index in [0.717, 1.165) is 64.5 Å². The van der Waals surface area contributed by atoms with Crippen molar-refractivity contribution in [3.8, 4) is 11.4 Å². The smallest absolute Gasteiger partial charge is 0.251 e. The molecule has 0 unspecified atom stereocenters. The average molecular weight is 510 g/mol. The predicted molar refractivity (Wildman–Crippen MR) is 150 cm³/mol. The van der Waals surface area contributed by atoms with Gasteiger partial charge in [0, 0.05) is 29.2 Å². The summed E-state index contributed by atoms with van der Waals surface area (Å²) < 4.78 is 0. The van der Waals surface area contributed by atoms with Gasteiger partial charge in [-0.15, -0.1) is 0 Å². The van der Waals surface area contributed by atoms with E-state index in [2.05, 4.69) is 10.3 Å². The first-order chi connectivity index (χ1) is 18.6. The number of ketones is 1. The highest BCUT2D eigenvalue weighted by atomic mass is 16.1. The molecule has 1 heterocycles. The first-order valence-corrected chi connectivity index (χ1v) is 15.0. The molecular formula is C33H39N3O2. The largest absolute Gasteiger partial charge is 0.349 e. The highest BCUT2D eigenvalue weighted by Crippen LogP contribution is 2.57. The minimum absolute atomic E-state index is 0.00958. The number of aromatic amines is 1. The molecule has 5 heteroatoms. The number of nitrogens with one attached hydrogen (secondary N) is 2. The van der Waals surface area contributed by atoms with Crippen LogP contribution in [0.3, 0.4) is 0 Å². The van der Waals surface area contributed by atoms with Crippen molar-refractivity contribution in [1.82, 2.24) is 15.3 Å². The van der Waals surface area contributed by atoms with E-state index in [-0.39, 0.29) is 11.7 Å². The first-order valence-electron chi connectivity index (χ1n) is 15.0. The van der Waals surface area contributed by atoms with E-state index in [0.29, 0.717) is 23.9 Å². The Morgan fingerprint density at radius 3 is 2.16 bits per heavy atom. The molecule has 0 spiro atoms. The van der Waals surface area contributed by atoms with Crippen LogP contribution in [0.4, 0.5) is 0 Å². The van der Waals surface area contributed by atoms with Crippen molar-refractivity contribution in [3.63, 3.8) is 0 Å². The lowest BCUT2D eigenvalue weighted by atomic mass is 9.51. The molecule has 5 saturated carbocycles. The minimum atomic E-state index is 0.00958. The zero-order valence-electron chi connectivity index (χ0n) is 22.3. The SMILES string of the molecule is O=C(CC1C2CC3CC(C2)CC1C3)c1ccc2nc(-c3ccc(C(=O)NC4CCCCCC4)cc3)[nH]c2c1. The molecule has 5 aliphatic rings. The van der Waals surface area contributed by atoms with Gasteiger partial charge in [-0.2, -0.15) is 0 Å². The Bertz CT molecular complexity index is 1300. The zero-order valence-corrected chi connectivity index (χ0v) is 22.3. The average Bonchev–Trinajstić information content (AvgIpc) is 3.19. The van der Waals surface area contributed by atoms with Crippen molar-refractivity contribution in [2.75, 3.05) is 0 Å². The van der Waals surface area contributed by atoms with Crippen LogP contribution in [0.1, 0.15) is 97.8 Å². The molecule has 5 nitrogen and oxygen atoms in total. The van der Waals surface area contributed by atoms with Crippen molar-refractivity contribution in [3.05, 3.63) is 53.6 Å². The van der Waals surface area contributed by atoms with E-state index in [1.54, 1.807) is 0 Å². The molecule has 38 heavy (non-hydrogen) atoms. The summed E-state index contributed by atoms with van der Waals surface area (Å²) in [5.74, 6) is 5.06. The third kappa shape index (κ3) is 4.69. The molecule has 198 valence electrons. The fourth-order valence-electron chi connectivity index (χ4n) is 8.49. The number of Topliss-reactive ketones (excluding diaryl/α,β-unsaturated/α-hetero) is 1. The van der Waals surface area contributed by atoms with Crippen LogP contribution < -0.4 is 5.32 Å². The molecule has 0 atom stereocenters. The van der Waals surface area contributed by atoms with Crippen molar-refractivity contribution < 1.29 is 9.59 Å². The third-order valence-corrected chi connectivity index (χ3v) is 10.3. The number of hydrogen-bond acceptors (Lipinski definition) is 3. The topological polar surface area (TPSA) is 74.8 Å². The summed E-state index contributed by atoms with van der Waals surface area (Å²) in [6.07, 6.45) is 14.7. The fraction of sp³-hybridized carbons (Fsp3) is 0.545. The van der Waals surface area contributed by atoms with Gasteiger partial charge in [0.25, 0.3) is 5.91 Å². The van der Waals surface area contributed by atoms with Crippen molar-refractivity contribution in [2.24, 2.45) is 29.6 Å². The standard InChI is InChI=1S/C33H39N3O2/c37-31(19-28-25-14-20-13-21(16-25)17-26(28)15-20)24-11-12-29-30(18-24)36-32(35-29)22-7-9-23(10-8-22)33(38)34-27-5-3-1-2-4-6-27/h7-12,18,20-21,25-28H,1-6,13-17,19H2,(H,34,38)(H,35,36). The van der Waals surface area contributed by atoms with Crippen LogP contribution in [-0.4, -0.2) is 27.7 Å². The maximum atomic E-state index is 13.3. The summed E-state index contributed by atoms with van der Waals surface area (Å²) in [6.45, 7) is 0. The maximum absolute atomic E-state index is 13.3. The molecule has 0 saturated heterocycles. The van der Waals surface area contributed by atoms with E-state index in [9.17, 15) is 9.59 Å². The highest BCUT2D eigenvalue weighted by Gasteiger charge is 2.48. The number of carbonyl (C=O) groups is 2. The van der Waals surface area contributed by atoms with Gasteiger partial charge in [0.15, 0.2) is 5.78 Å². The molecule has 0 radical (unpaired) electrons. The molecular weight excluding hydrogens is 470 g/mol. The van der Waals surface area contributed by atoms with Gasteiger partial charge in [-0.25, -0.2) is 4.98 Å². The van der Waals surface area contributed by atoms with Crippen LogP contribution >= 0.6 is 0 Å². The van der Waals surface area contributed by atoms with E-state index in [4.69, 9.17) is 4.98 Å². The van der Waals surface area contributed by atoms with Gasteiger partial charge in [0.2, 0.25) is 0 Å². The zero-order chi connectivity index (χ0) is 25.6. The number of hydrogen-bond donors (Lipinski definition) is 2. The summed E-state index contributed by atoms with van der Waals surface area (Å²) in [5.41, 5.74) is 4.18. The lowest BCUT2D eigenvalue weighted by Gasteiger charge is -2.54. The van der Waals surface area contributed by atoms with E-state index >= 15 is 0 Å². The Balaban J connectivity index is 1.03. The number of imidazole rings is 1. The van der Waals surface area contributed by atoms with Crippen LogP contribution in [0.2, 0.25) is 0 Å². The molecule has 5 aliphatic carbocycles. The Morgan fingerprint density at radius 1 is 0.816 bits per heavy atom. The van der Waals surface area contributed by atoms with E-state index in [1.165, 1.54) is 57.8 Å². The second-order valence-corrected chi connectivity index (χ2v) is 12.8. The normalized spacial score (nSPS) is 28.9. The summed E-state index contributed by atoms with van der Waals surface area (Å²) in [7, 11) is 0. The number of rotatable bonds is 6. The maximum Gasteiger partial charge on any atom is 0.251 e. The molecule has 2 aromatic carbocycles. The van der Waals surface area contributed by atoms with Gasteiger partial charge in [-0.1, -0.05) is 37.8 Å². The van der Waals surface area contributed by atoms with E-state index in [1.807, 2.05) is 42.5 Å². The molecule has 1 amide bonds. The van der Waals surface area contributed by atoms with Crippen molar-refractivity contribution in [1.29, 1.82) is 0 Å². The van der Waals surface area contributed by atoms with E-state index < -0.39 is 0 Å². The predicted octanol–water partition coefficient (Wildman–Crippen LogP) is 7.33. The molecule has 5 fully saturated rings. The number of fused-ring (bicyclic) bond motifs is 1. The molecule has 0 aliphatic heterocycles. The Hall–Kier alpha value is -2.95. The summed E-state index contributed by atoms with van der Waals surface area (Å²) in [6, 6.07) is 13.9. The molecule has 2 N–H and O–H groups in total. The Labute approximate surface area is 225 Å². The van der Waals surface area contributed by atoms with Crippen LogP contribution in [0.15, 0.2) is 42.5 Å². The first kappa shape index (κ1) is 24.1. The number of carbonyl (C=O) groups excluding carboxylic acids is 2. The van der Waals surface area contributed by atoms with Gasteiger partial charge in [0.05, 0.1) is 11.0 Å². The summed E-state index contributed by atoms with van der Waals surface area (Å²) in [5, 5.41) is 3.22. The highest BCUT2D eigenvalue weighted by molar-refractivity contribution is 5.99. The Kier molecular flexibility index (Phi) is 6.33. The fourth-order valence-corrected chi connectivity index (χ4v) is 8.49. The van der Waals surface area contributed by atoms with Gasteiger partial charge >= 0.3 is 0 Å². The second kappa shape index (κ2) is 9.98. The lowest BCUT2D eigenvalue weighted by Crippen LogP contribution is -2.45. The molecule has 8 rings (SSSR count). The van der Waals surface area contributed by atoms with Gasteiger partial charge in [-0.3, -0.25) is 9.59 Å². The van der Waals surface area contributed by atoms with Crippen LogP contribution in [0, 0.1) is 29.6 Å². The summed E-state index contributed by atoms with van der Waals surface area (Å²) >= 11 is 0. The van der Waals surface area contributed by atoms with Crippen molar-refractivity contribution >= 4 is 22.7 Å². The second-order valence-electron chi connectivity index (χ2n) is 12.8. The summed E-state index contributed by atoms with van der Waals surface area (Å²) in [4.78, 5) is 34.3. The lowest BCUT2D eigenvalue weighted by molar-refractivity contribution is -0.0366. The molecule has 3 aromatic rings. The third-order valence-electron chi connectivity index (χ3n) is 10.3. The van der Waals surface area contributed by atoms with Crippen molar-refractivity contribution in [2.45, 2.75) is 83.1 Å². The van der Waals surface area contributed by atoms with Crippen LogP contribution in [0.25, 0.3) is 22.4 Å². The van der Waals surface area contributed by atoms with Crippen LogP contribution in [-0.2, 0) is 0 Å².